The zero-order valence-electron chi connectivity index (χ0n) is 6.51. The van der Waals surface area contributed by atoms with Gasteiger partial charge in [0.05, 0.1) is 0 Å². The molecule has 0 aliphatic rings. The molecular weight excluding hydrogens is 128 g/mol. The molecule has 0 radical (unpaired) electrons. The minimum atomic E-state index is -0.414. The summed E-state index contributed by atoms with van der Waals surface area (Å²) in [5.74, 6) is -0.414. The summed E-state index contributed by atoms with van der Waals surface area (Å²) in [6.45, 7) is 5.20. The van der Waals surface area contributed by atoms with Crippen LogP contribution in [0.5, 0.6) is 0 Å². The van der Waals surface area contributed by atoms with Gasteiger partial charge < -0.3 is 5.73 Å². The summed E-state index contributed by atoms with van der Waals surface area (Å²) in [5, 5.41) is 0. The lowest BCUT2D eigenvalue weighted by atomic mass is 10.2. The van der Waals surface area contributed by atoms with Crippen LogP contribution in [0.3, 0.4) is 0 Å². The van der Waals surface area contributed by atoms with Crippen LogP contribution in [0, 0.1) is 0 Å². The van der Waals surface area contributed by atoms with Crippen molar-refractivity contribution in [1.82, 2.24) is 0 Å². The van der Waals surface area contributed by atoms with Crippen molar-refractivity contribution in [2.24, 2.45) is 10.7 Å². The van der Waals surface area contributed by atoms with Gasteiger partial charge in [-0.25, -0.2) is 0 Å². The van der Waals surface area contributed by atoms with Gasteiger partial charge in [-0.3, -0.25) is 9.79 Å². The van der Waals surface area contributed by atoms with Gasteiger partial charge in [-0.1, -0.05) is 0 Å². The Morgan fingerprint density at radius 1 is 1.50 bits per heavy atom. The van der Waals surface area contributed by atoms with Crippen LogP contribution >= 0.6 is 0 Å². The van der Waals surface area contributed by atoms with Crippen molar-refractivity contribution in [1.29, 1.82) is 0 Å². The molecule has 3 heteroatoms. The fourth-order valence-corrected chi connectivity index (χ4v) is 0.469. The first-order valence-electron chi connectivity index (χ1n) is 3.05. The molecule has 0 aromatic rings. The first-order chi connectivity index (χ1) is 4.59. The molecule has 56 valence electrons. The number of carbonyl (C=O) groups is 1. The maximum absolute atomic E-state index is 10.5. The first-order valence-corrected chi connectivity index (χ1v) is 3.05. The van der Waals surface area contributed by atoms with E-state index in [-0.39, 0.29) is 0 Å². The molecule has 2 N–H and O–H groups in total. The van der Waals surface area contributed by atoms with Crippen LogP contribution in [-0.2, 0) is 4.79 Å². The second kappa shape index (κ2) is 3.82. The molecule has 3 nitrogen and oxygen atoms in total. The Labute approximate surface area is 60.6 Å². The fourth-order valence-electron chi connectivity index (χ4n) is 0.469. The van der Waals surface area contributed by atoms with Crippen LogP contribution in [0.25, 0.3) is 0 Å². The topological polar surface area (TPSA) is 55.4 Å². The number of rotatable bonds is 2. The number of nitrogens with two attached hydrogens (primary N) is 1. The lowest BCUT2D eigenvalue weighted by Gasteiger charge is -1.95. The van der Waals surface area contributed by atoms with E-state index < -0.39 is 5.91 Å². The van der Waals surface area contributed by atoms with Crippen LogP contribution in [0.4, 0.5) is 0 Å². The Morgan fingerprint density at radius 2 is 2.00 bits per heavy atom. The molecule has 0 unspecified atom stereocenters. The molecule has 0 aliphatic carbocycles. The summed E-state index contributed by atoms with van der Waals surface area (Å²) in [4.78, 5) is 14.4. The van der Waals surface area contributed by atoms with Crippen molar-refractivity contribution in [3.05, 3.63) is 11.3 Å². The van der Waals surface area contributed by atoms with Crippen molar-refractivity contribution in [3.63, 3.8) is 0 Å². The van der Waals surface area contributed by atoms with Crippen molar-refractivity contribution in [3.8, 4) is 0 Å². The highest BCUT2D eigenvalue weighted by atomic mass is 16.1. The van der Waals surface area contributed by atoms with Gasteiger partial charge in [-0.05, 0) is 20.8 Å². The molecule has 0 spiro atoms. The standard InChI is InChI=1S/C7H12N2O/c1-4-9-6(3)5(2)7(8)10/h4H,1-3H3,(H2,8,10)/b6-5-,9-4?. The van der Waals surface area contributed by atoms with Gasteiger partial charge in [0.15, 0.2) is 0 Å². The summed E-state index contributed by atoms with van der Waals surface area (Å²) in [6, 6.07) is 0. The second-order valence-electron chi connectivity index (χ2n) is 1.96. The van der Waals surface area contributed by atoms with E-state index in [0.29, 0.717) is 11.3 Å². The van der Waals surface area contributed by atoms with E-state index in [4.69, 9.17) is 5.73 Å². The smallest absolute Gasteiger partial charge is 0.246 e. The average Bonchev–Trinajstić information content (AvgIpc) is 1.87. The molecular formula is C7H12N2O. The van der Waals surface area contributed by atoms with Gasteiger partial charge in [-0.15, -0.1) is 0 Å². The van der Waals surface area contributed by atoms with Crippen molar-refractivity contribution in [2.75, 3.05) is 0 Å². The molecule has 0 saturated carbocycles. The molecule has 0 aromatic carbocycles. The lowest BCUT2D eigenvalue weighted by molar-refractivity contribution is -0.114. The Hall–Kier alpha value is -1.12. The minimum absolute atomic E-state index is 0.414. The van der Waals surface area contributed by atoms with Crippen LogP contribution in [0.2, 0.25) is 0 Å². The molecule has 0 bridgehead atoms. The van der Waals surface area contributed by atoms with E-state index in [1.807, 2.05) is 0 Å². The van der Waals surface area contributed by atoms with E-state index in [0.717, 1.165) is 0 Å². The average molecular weight is 140 g/mol. The number of allylic oxidation sites excluding steroid dienone is 1. The van der Waals surface area contributed by atoms with Gasteiger partial charge in [0.25, 0.3) is 0 Å². The zero-order valence-corrected chi connectivity index (χ0v) is 6.51. The Bertz CT molecular complexity index is 192. The highest BCUT2D eigenvalue weighted by Gasteiger charge is 1.99. The SMILES string of the molecule is CC=N/C(C)=C(/C)C(N)=O. The first kappa shape index (κ1) is 8.88. The minimum Gasteiger partial charge on any atom is -0.366 e. The molecule has 1 amide bonds. The van der Waals surface area contributed by atoms with E-state index in [9.17, 15) is 4.79 Å². The number of hydrogen-bond acceptors (Lipinski definition) is 2. The van der Waals surface area contributed by atoms with E-state index in [1.165, 1.54) is 0 Å². The van der Waals surface area contributed by atoms with Gasteiger partial charge in [-0.2, -0.15) is 0 Å². The maximum atomic E-state index is 10.5. The monoisotopic (exact) mass is 140 g/mol. The molecule has 10 heavy (non-hydrogen) atoms. The van der Waals surface area contributed by atoms with Crippen LogP contribution in [0.1, 0.15) is 20.8 Å². The largest absolute Gasteiger partial charge is 0.366 e. The van der Waals surface area contributed by atoms with Crippen molar-refractivity contribution < 1.29 is 4.79 Å². The number of primary amides is 1. The second-order valence-corrected chi connectivity index (χ2v) is 1.96. The quantitative estimate of drug-likeness (QED) is 0.448. The molecule has 0 atom stereocenters. The number of carbonyl (C=O) groups excluding carboxylic acids is 1. The highest BCUT2D eigenvalue weighted by molar-refractivity contribution is 5.92. The summed E-state index contributed by atoms with van der Waals surface area (Å²) < 4.78 is 0. The third-order valence-corrected chi connectivity index (χ3v) is 1.24. The number of hydrogen-bond donors (Lipinski definition) is 1. The van der Waals surface area contributed by atoms with Gasteiger partial charge >= 0.3 is 0 Å². The van der Waals surface area contributed by atoms with E-state index in [2.05, 4.69) is 4.99 Å². The van der Waals surface area contributed by atoms with Crippen LogP contribution in [0.15, 0.2) is 16.3 Å². The highest BCUT2D eigenvalue weighted by Crippen LogP contribution is 2.02. The van der Waals surface area contributed by atoms with Gasteiger partial charge in [0, 0.05) is 17.5 Å². The van der Waals surface area contributed by atoms with Gasteiger partial charge in [0.2, 0.25) is 5.91 Å². The Morgan fingerprint density at radius 3 is 2.30 bits per heavy atom. The Kier molecular flexibility index (Phi) is 3.39. The number of amides is 1. The predicted octanol–water partition coefficient (Wildman–Crippen LogP) is 0.856. The summed E-state index contributed by atoms with van der Waals surface area (Å²) in [6.07, 6.45) is 1.63. The molecule has 0 aliphatic heterocycles. The molecule has 0 rings (SSSR count). The molecule has 0 aromatic heterocycles. The van der Waals surface area contributed by atoms with Crippen molar-refractivity contribution in [2.45, 2.75) is 20.8 Å². The number of nitrogens with zero attached hydrogens (tertiary/aromatic N) is 1. The third kappa shape index (κ3) is 2.44. The molecule has 0 heterocycles. The van der Waals surface area contributed by atoms with Crippen molar-refractivity contribution >= 4 is 12.1 Å². The summed E-state index contributed by atoms with van der Waals surface area (Å²) >= 11 is 0. The summed E-state index contributed by atoms with van der Waals surface area (Å²) in [5.41, 5.74) is 6.18. The number of aliphatic imine (C=N–C) groups is 1. The van der Waals surface area contributed by atoms with Crippen LogP contribution in [-0.4, -0.2) is 12.1 Å². The van der Waals surface area contributed by atoms with E-state index >= 15 is 0 Å². The molecule has 0 fully saturated rings. The maximum Gasteiger partial charge on any atom is 0.246 e. The predicted molar refractivity (Wildman–Crippen MR) is 41.7 cm³/mol. The lowest BCUT2D eigenvalue weighted by Crippen LogP contribution is -2.12. The molecule has 0 saturated heterocycles. The zero-order chi connectivity index (χ0) is 8.15. The normalized spacial score (nSPS) is 13.5. The Balaban J connectivity index is 4.50. The third-order valence-electron chi connectivity index (χ3n) is 1.24. The van der Waals surface area contributed by atoms with Gasteiger partial charge in [0.1, 0.15) is 0 Å². The van der Waals surface area contributed by atoms with E-state index in [1.54, 1.807) is 27.0 Å². The van der Waals surface area contributed by atoms with Crippen LogP contribution < -0.4 is 5.73 Å². The fraction of sp³-hybridized carbons (Fsp3) is 0.429. The summed E-state index contributed by atoms with van der Waals surface area (Å²) in [7, 11) is 0.